The summed E-state index contributed by atoms with van der Waals surface area (Å²) in [7, 11) is 0. The second kappa shape index (κ2) is 7.69. The number of hydrogen-bond acceptors (Lipinski definition) is 4. The highest BCUT2D eigenvalue weighted by Crippen LogP contribution is 2.35. The van der Waals surface area contributed by atoms with Gasteiger partial charge in [0.25, 0.3) is 5.91 Å². The molecule has 5 nitrogen and oxygen atoms in total. The lowest BCUT2D eigenvalue weighted by Crippen LogP contribution is -2.54. The number of nitrogens with zero attached hydrogens (tertiary/aromatic N) is 2. The van der Waals surface area contributed by atoms with Gasteiger partial charge in [0, 0.05) is 44.3 Å². The van der Waals surface area contributed by atoms with Crippen LogP contribution in [-0.4, -0.2) is 60.0 Å². The number of amides is 2. The van der Waals surface area contributed by atoms with Gasteiger partial charge in [0.15, 0.2) is 0 Å². The zero-order chi connectivity index (χ0) is 18.1. The molecule has 1 aliphatic carbocycles. The maximum atomic E-state index is 13.0. The number of rotatable bonds is 4. The Hall–Kier alpha value is -1.40. The summed E-state index contributed by atoms with van der Waals surface area (Å²) in [6.07, 6.45) is 5.79. The maximum absolute atomic E-state index is 13.0. The average Bonchev–Trinajstić information content (AvgIpc) is 3.44. The van der Waals surface area contributed by atoms with Gasteiger partial charge in [-0.05, 0) is 62.5 Å². The Kier molecular flexibility index (Phi) is 5.32. The Morgan fingerprint density at radius 1 is 1.08 bits per heavy atom. The summed E-state index contributed by atoms with van der Waals surface area (Å²) in [5.41, 5.74) is 1.06. The third kappa shape index (κ3) is 3.67. The number of ether oxygens (including phenoxy) is 1. The standard InChI is InChI=1S/C20H28N2O3S/c1-14-8-13-26-18(14)20(24)21-9-4-16(5-10-21)22(19(23)15-2-3-15)17-6-11-25-12-7-17/h8,13,15-17H,2-7,9-12H2,1H3. The minimum atomic E-state index is 0.155. The van der Waals surface area contributed by atoms with Crippen LogP contribution in [0.5, 0.6) is 0 Å². The first kappa shape index (κ1) is 18.0. The lowest BCUT2D eigenvalue weighted by Gasteiger charge is -2.43. The minimum absolute atomic E-state index is 0.155. The molecule has 2 aliphatic heterocycles. The van der Waals surface area contributed by atoms with Crippen LogP contribution < -0.4 is 0 Å². The van der Waals surface area contributed by atoms with Gasteiger partial charge in [-0.3, -0.25) is 9.59 Å². The summed E-state index contributed by atoms with van der Waals surface area (Å²) in [5.74, 6) is 0.768. The van der Waals surface area contributed by atoms with Crippen LogP contribution in [0, 0.1) is 12.8 Å². The normalized spacial score (nSPS) is 22.4. The van der Waals surface area contributed by atoms with Gasteiger partial charge in [-0.1, -0.05) is 0 Å². The monoisotopic (exact) mass is 376 g/mol. The van der Waals surface area contributed by atoms with Crippen molar-refractivity contribution in [2.24, 2.45) is 5.92 Å². The van der Waals surface area contributed by atoms with E-state index in [9.17, 15) is 9.59 Å². The first-order valence-electron chi connectivity index (χ1n) is 9.88. The maximum Gasteiger partial charge on any atom is 0.264 e. The first-order valence-corrected chi connectivity index (χ1v) is 10.8. The molecule has 142 valence electrons. The van der Waals surface area contributed by atoms with E-state index in [0.717, 1.165) is 75.3 Å². The van der Waals surface area contributed by atoms with Crippen LogP contribution in [0.4, 0.5) is 0 Å². The smallest absolute Gasteiger partial charge is 0.264 e. The average molecular weight is 377 g/mol. The van der Waals surface area contributed by atoms with Crippen LogP contribution in [0.1, 0.15) is 53.8 Å². The third-order valence-corrected chi connectivity index (χ3v) is 6.97. The lowest BCUT2D eigenvalue weighted by molar-refractivity contribution is -0.141. The van der Waals surface area contributed by atoms with Crippen LogP contribution in [-0.2, 0) is 9.53 Å². The van der Waals surface area contributed by atoms with Crippen molar-refractivity contribution in [3.63, 3.8) is 0 Å². The van der Waals surface area contributed by atoms with Gasteiger partial charge in [0.05, 0.1) is 4.88 Å². The predicted molar refractivity (Wildman–Crippen MR) is 101 cm³/mol. The molecule has 1 aromatic rings. The molecule has 6 heteroatoms. The molecule has 3 aliphatic rings. The minimum Gasteiger partial charge on any atom is -0.381 e. The van der Waals surface area contributed by atoms with Gasteiger partial charge in [-0.15, -0.1) is 11.3 Å². The van der Waals surface area contributed by atoms with E-state index in [0.29, 0.717) is 11.9 Å². The molecule has 1 saturated carbocycles. The quantitative estimate of drug-likeness (QED) is 0.811. The van der Waals surface area contributed by atoms with Gasteiger partial charge in [-0.25, -0.2) is 0 Å². The van der Waals surface area contributed by atoms with E-state index in [1.54, 1.807) is 0 Å². The van der Waals surface area contributed by atoms with E-state index in [4.69, 9.17) is 4.74 Å². The van der Waals surface area contributed by atoms with E-state index < -0.39 is 0 Å². The zero-order valence-electron chi connectivity index (χ0n) is 15.5. The molecule has 3 fully saturated rings. The molecule has 0 radical (unpaired) electrons. The Morgan fingerprint density at radius 3 is 2.31 bits per heavy atom. The summed E-state index contributed by atoms with van der Waals surface area (Å²) >= 11 is 1.53. The molecule has 1 aromatic heterocycles. The van der Waals surface area contributed by atoms with Crippen LogP contribution in [0.3, 0.4) is 0 Å². The van der Waals surface area contributed by atoms with Crippen LogP contribution in [0.15, 0.2) is 11.4 Å². The van der Waals surface area contributed by atoms with Crippen molar-refractivity contribution >= 4 is 23.2 Å². The van der Waals surface area contributed by atoms with E-state index in [1.807, 2.05) is 23.3 Å². The molecule has 0 N–H and O–H groups in total. The molecule has 3 heterocycles. The van der Waals surface area contributed by atoms with Gasteiger partial charge < -0.3 is 14.5 Å². The topological polar surface area (TPSA) is 49.9 Å². The summed E-state index contributed by atoms with van der Waals surface area (Å²) < 4.78 is 5.50. The van der Waals surface area contributed by atoms with E-state index in [2.05, 4.69) is 4.90 Å². The van der Waals surface area contributed by atoms with Gasteiger partial charge in [-0.2, -0.15) is 0 Å². The highest BCUT2D eigenvalue weighted by molar-refractivity contribution is 7.12. The van der Waals surface area contributed by atoms with Crippen molar-refractivity contribution in [2.45, 2.75) is 57.5 Å². The van der Waals surface area contributed by atoms with Crippen molar-refractivity contribution in [1.82, 2.24) is 9.80 Å². The number of carbonyl (C=O) groups is 2. The Morgan fingerprint density at radius 2 is 1.73 bits per heavy atom. The van der Waals surface area contributed by atoms with Crippen LogP contribution in [0.25, 0.3) is 0 Å². The SMILES string of the molecule is Cc1ccsc1C(=O)N1CCC(N(C(=O)C2CC2)C2CCOCC2)CC1. The molecular formula is C20H28N2O3S. The molecule has 0 unspecified atom stereocenters. The highest BCUT2D eigenvalue weighted by Gasteiger charge is 2.41. The first-order chi connectivity index (χ1) is 12.6. The number of carbonyl (C=O) groups excluding carboxylic acids is 2. The summed E-state index contributed by atoms with van der Waals surface area (Å²) in [4.78, 5) is 30.7. The number of piperidine rings is 1. The van der Waals surface area contributed by atoms with Crippen molar-refractivity contribution in [3.8, 4) is 0 Å². The van der Waals surface area contributed by atoms with Crippen molar-refractivity contribution < 1.29 is 14.3 Å². The molecule has 4 rings (SSSR count). The molecule has 2 saturated heterocycles. The number of thiophene rings is 1. The molecule has 0 atom stereocenters. The Labute approximate surface area is 159 Å². The number of aryl methyl sites for hydroxylation is 1. The Balaban J connectivity index is 1.41. The number of hydrogen-bond donors (Lipinski definition) is 0. The van der Waals surface area contributed by atoms with E-state index in [1.165, 1.54) is 11.3 Å². The van der Waals surface area contributed by atoms with Crippen LogP contribution in [0.2, 0.25) is 0 Å². The molecule has 0 aromatic carbocycles. The zero-order valence-corrected chi connectivity index (χ0v) is 16.3. The molecule has 26 heavy (non-hydrogen) atoms. The van der Waals surface area contributed by atoms with Gasteiger partial charge in [0.2, 0.25) is 5.91 Å². The molecule has 0 bridgehead atoms. The van der Waals surface area contributed by atoms with Gasteiger partial charge >= 0.3 is 0 Å². The summed E-state index contributed by atoms with van der Waals surface area (Å²) in [6, 6.07) is 2.61. The highest BCUT2D eigenvalue weighted by atomic mass is 32.1. The largest absolute Gasteiger partial charge is 0.381 e. The number of likely N-dealkylation sites (tertiary alicyclic amines) is 1. The van der Waals surface area contributed by atoms with Gasteiger partial charge in [0.1, 0.15) is 0 Å². The summed E-state index contributed by atoms with van der Waals surface area (Å²) in [6.45, 7) is 5.01. The fourth-order valence-electron chi connectivity index (χ4n) is 4.25. The van der Waals surface area contributed by atoms with E-state index >= 15 is 0 Å². The van der Waals surface area contributed by atoms with Crippen molar-refractivity contribution in [1.29, 1.82) is 0 Å². The second-order valence-electron chi connectivity index (χ2n) is 7.82. The molecule has 0 spiro atoms. The third-order valence-electron chi connectivity index (χ3n) is 5.97. The van der Waals surface area contributed by atoms with E-state index in [-0.39, 0.29) is 17.9 Å². The Bertz CT molecular complexity index is 656. The second-order valence-corrected chi connectivity index (χ2v) is 8.74. The van der Waals surface area contributed by atoms with Crippen molar-refractivity contribution in [3.05, 3.63) is 21.9 Å². The van der Waals surface area contributed by atoms with Crippen molar-refractivity contribution in [2.75, 3.05) is 26.3 Å². The summed E-state index contributed by atoms with van der Waals surface area (Å²) in [5, 5.41) is 1.98. The predicted octanol–water partition coefficient (Wildman–Crippen LogP) is 3.08. The van der Waals surface area contributed by atoms with Crippen LogP contribution >= 0.6 is 11.3 Å². The fraction of sp³-hybridized carbons (Fsp3) is 0.700. The molecular weight excluding hydrogens is 348 g/mol. The molecule has 2 amide bonds. The lowest BCUT2D eigenvalue weighted by atomic mass is 9.97. The fourth-order valence-corrected chi connectivity index (χ4v) is 5.14.